The Bertz CT molecular complexity index is 630. The van der Waals surface area contributed by atoms with E-state index in [0.29, 0.717) is 11.5 Å². The number of aromatic hydroxyl groups is 1. The molecule has 0 radical (unpaired) electrons. The van der Waals surface area contributed by atoms with Crippen LogP contribution >= 0.6 is 0 Å². The molecule has 0 aliphatic rings. The van der Waals surface area contributed by atoms with Gasteiger partial charge in [0.2, 0.25) is 0 Å². The minimum absolute atomic E-state index is 0.135. The van der Waals surface area contributed by atoms with Crippen molar-refractivity contribution in [2.24, 2.45) is 0 Å². The molecule has 0 heterocycles. The molecule has 0 fully saturated rings. The van der Waals surface area contributed by atoms with Crippen LogP contribution in [0.25, 0.3) is 11.1 Å². The van der Waals surface area contributed by atoms with E-state index in [2.05, 4.69) is 13.8 Å². The molecule has 1 N–H and O–H groups in total. The van der Waals surface area contributed by atoms with Gasteiger partial charge in [0.05, 0.1) is 5.56 Å². The summed E-state index contributed by atoms with van der Waals surface area (Å²) in [5.41, 5.74) is 1.72. The fourth-order valence-corrected chi connectivity index (χ4v) is 2.54. The van der Waals surface area contributed by atoms with E-state index in [-0.39, 0.29) is 5.75 Å². The average molecular weight is 308 g/mol. The highest BCUT2D eigenvalue weighted by atomic mass is 19.4. The van der Waals surface area contributed by atoms with Crippen LogP contribution in [0.5, 0.6) is 5.75 Å². The molecule has 118 valence electrons. The van der Waals surface area contributed by atoms with Crippen molar-refractivity contribution in [3.63, 3.8) is 0 Å². The summed E-state index contributed by atoms with van der Waals surface area (Å²) in [5.74, 6) is 0.431. The Morgan fingerprint density at radius 3 is 2.18 bits per heavy atom. The van der Waals surface area contributed by atoms with Crippen molar-refractivity contribution in [1.82, 2.24) is 0 Å². The van der Waals surface area contributed by atoms with Crippen LogP contribution in [0.3, 0.4) is 0 Å². The summed E-state index contributed by atoms with van der Waals surface area (Å²) < 4.78 is 37.8. The monoisotopic (exact) mass is 308 g/mol. The SMILES string of the molecule is CCCC(C)c1cc(O)cc(-c2ccc(C(F)(F)F)cc2)c1. The highest BCUT2D eigenvalue weighted by molar-refractivity contribution is 5.66. The van der Waals surface area contributed by atoms with E-state index in [4.69, 9.17) is 0 Å². The molecule has 0 aliphatic carbocycles. The minimum Gasteiger partial charge on any atom is -0.508 e. The van der Waals surface area contributed by atoms with Crippen LogP contribution in [0.4, 0.5) is 13.2 Å². The second kappa shape index (κ2) is 6.42. The molecular weight excluding hydrogens is 289 g/mol. The van der Waals surface area contributed by atoms with Gasteiger partial charge < -0.3 is 5.11 Å². The Morgan fingerprint density at radius 2 is 1.64 bits per heavy atom. The van der Waals surface area contributed by atoms with Crippen LogP contribution in [0.15, 0.2) is 42.5 Å². The smallest absolute Gasteiger partial charge is 0.416 e. The minimum atomic E-state index is -4.34. The number of hydrogen-bond donors (Lipinski definition) is 1. The molecule has 2 aromatic rings. The predicted molar refractivity (Wildman–Crippen MR) is 81.9 cm³/mol. The lowest BCUT2D eigenvalue weighted by Gasteiger charge is -2.14. The molecule has 0 amide bonds. The first-order valence-electron chi connectivity index (χ1n) is 7.33. The van der Waals surface area contributed by atoms with Gasteiger partial charge in [-0.05, 0) is 53.3 Å². The molecule has 2 rings (SSSR count). The van der Waals surface area contributed by atoms with Crippen LogP contribution in [0, 0.1) is 0 Å². The molecule has 1 unspecified atom stereocenters. The van der Waals surface area contributed by atoms with E-state index in [1.165, 1.54) is 12.1 Å². The van der Waals surface area contributed by atoms with Crippen molar-refractivity contribution >= 4 is 0 Å². The number of hydrogen-bond acceptors (Lipinski definition) is 1. The van der Waals surface area contributed by atoms with Crippen molar-refractivity contribution in [2.45, 2.75) is 38.8 Å². The van der Waals surface area contributed by atoms with Gasteiger partial charge in [-0.2, -0.15) is 13.2 Å². The predicted octanol–water partition coefficient (Wildman–Crippen LogP) is 5.98. The van der Waals surface area contributed by atoms with Gasteiger partial charge in [0.15, 0.2) is 0 Å². The Morgan fingerprint density at radius 1 is 1.00 bits per heavy atom. The van der Waals surface area contributed by atoms with E-state index in [1.54, 1.807) is 12.1 Å². The third-order valence-corrected chi connectivity index (χ3v) is 3.78. The summed E-state index contributed by atoms with van der Waals surface area (Å²) in [7, 11) is 0. The molecule has 0 saturated carbocycles. The van der Waals surface area contributed by atoms with Crippen LogP contribution < -0.4 is 0 Å². The lowest BCUT2D eigenvalue weighted by atomic mass is 9.92. The zero-order valence-electron chi connectivity index (χ0n) is 12.6. The summed E-state index contributed by atoms with van der Waals surface area (Å²) in [6.45, 7) is 4.17. The van der Waals surface area contributed by atoms with Gasteiger partial charge >= 0.3 is 6.18 Å². The normalized spacial score (nSPS) is 13.1. The third-order valence-electron chi connectivity index (χ3n) is 3.78. The van der Waals surface area contributed by atoms with Crippen molar-refractivity contribution in [1.29, 1.82) is 0 Å². The highest BCUT2D eigenvalue weighted by Gasteiger charge is 2.29. The molecular formula is C18H19F3O. The zero-order chi connectivity index (χ0) is 16.3. The molecule has 1 atom stereocenters. The molecule has 22 heavy (non-hydrogen) atoms. The standard InChI is InChI=1S/C18H19F3O/c1-3-4-12(2)14-9-15(11-17(22)10-14)13-5-7-16(8-6-13)18(19,20)21/h5-12,22H,3-4H2,1-2H3. The van der Waals surface area contributed by atoms with Crippen molar-refractivity contribution in [2.75, 3.05) is 0 Å². The van der Waals surface area contributed by atoms with Gasteiger partial charge in [0, 0.05) is 0 Å². The van der Waals surface area contributed by atoms with E-state index in [1.807, 2.05) is 6.07 Å². The van der Waals surface area contributed by atoms with E-state index >= 15 is 0 Å². The number of phenols is 1. The maximum absolute atomic E-state index is 12.6. The van der Waals surface area contributed by atoms with Gasteiger partial charge in [-0.25, -0.2) is 0 Å². The molecule has 0 aliphatic heterocycles. The lowest BCUT2D eigenvalue weighted by Crippen LogP contribution is -2.04. The van der Waals surface area contributed by atoms with Gasteiger partial charge in [-0.15, -0.1) is 0 Å². The summed E-state index contributed by atoms with van der Waals surface area (Å²) in [6.07, 6.45) is -2.31. The maximum Gasteiger partial charge on any atom is 0.416 e. The second-order valence-corrected chi connectivity index (χ2v) is 5.58. The largest absolute Gasteiger partial charge is 0.508 e. The first kappa shape index (κ1) is 16.4. The van der Waals surface area contributed by atoms with Crippen molar-refractivity contribution in [3.05, 3.63) is 53.6 Å². The van der Waals surface area contributed by atoms with Crippen LogP contribution in [-0.4, -0.2) is 5.11 Å². The average Bonchev–Trinajstić information content (AvgIpc) is 2.46. The molecule has 0 spiro atoms. The lowest BCUT2D eigenvalue weighted by molar-refractivity contribution is -0.137. The highest BCUT2D eigenvalue weighted by Crippen LogP contribution is 2.33. The van der Waals surface area contributed by atoms with Gasteiger partial charge in [-0.1, -0.05) is 38.5 Å². The topological polar surface area (TPSA) is 20.2 Å². The molecule has 4 heteroatoms. The molecule has 2 aromatic carbocycles. The fourth-order valence-electron chi connectivity index (χ4n) is 2.54. The molecule has 0 saturated heterocycles. The number of benzene rings is 2. The fraction of sp³-hybridized carbons (Fsp3) is 0.333. The second-order valence-electron chi connectivity index (χ2n) is 5.58. The van der Waals surface area contributed by atoms with E-state index < -0.39 is 11.7 Å². The number of rotatable bonds is 4. The summed E-state index contributed by atoms with van der Waals surface area (Å²) in [4.78, 5) is 0. The van der Waals surface area contributed by atoms with Crippen molar-refractivity contribution in [3.8, 4) is 16.9 Å². The Hall–Kier alpha value is -1.97. The van der Waals surface area contributed by atoms with E-state index in [9.17, 15) is 18.3 Å². The molecule has 1 nitrogen and oxygen atoms in total. The van der Waals surface area contributed by atoms with Gasteiger partial charge in [-0.3, -0.25) is 0 Å². The number of alkyl halides is 3. The summed E-state index contributed by atoms with van der Waals surface area (Å²) >= 11 is 0. The Kier molecular flexibility index (Phi) is 4.79. The Labute approximate surface area is 128 Å². The molecule has 0 aromatic heterocycles. The van der Waals surface area contributed by atoms with Crippen LogP contribution in [-0.2, 0) is 6.18 Å². The maximum atomic E-state index is 12.6. The first-order chi connectivity index (χ1) is 10.3. The Balaban J connectivity index is 2.36. The van der Waals surface area contributed by atoms with Crippen LogP contribution in [0.1, 0.15) is 43.7 Å². The number of halogens is 3. The quantitative estimate of drug-likeness (QED) is 0.736. The van der Waals surface area contributed by atoms with E-state index in [0.717, 1.165) is 36.1 Å². The van der Waals surface area contributed by atoms with Crippen molar-refractivity contribution < 1.29 is 18.3 Å². The summed E-state index contributed by atoms with van der Waals surface area (Å²) in [5, 5.41) is 9.88. The summed E-state index contributed by atoms with van der Waals surface area (Å²) in [6, 6.07) is 10.2. The number of phenolic OH excluding ortho intramolecular Hbond substituents is 1. The third kappa shape index (κ3) is 3.81. The first-order valence-corrected chi connectivity index (χ1v) is 7.33. The molecule has 0 bridgehead atoms. The van der Waals surface area contributed by atoms with Gasteiger partial charge in [0.1, 0.15) is 5.75 Å². The van der Waals surface area contributed by atoms with Crippen LogP contribution in [0.2, 0.25) is 0 Å². The van der Waals surface area contributed by atoms with Gasteiger partial charge in [0.25, 0.3) is 0 Å². The zero-order valence-corrected chi connectivity index (χ0v) is 12.6.